The summed E-state index contributed by atoms with van der Waals surface area (Å²) in [6.45, 7) is 2.57. The lowest BCUT2D eigenvalue weighted by atomic mass is 10.1. The zero-order chi connectivity index (χ0) is 26.2. The van der Waals surface area contributed by atoms with Gasteiger partial charge in [-0.05, 0) is 54.2 Å². The molecule has 37 heavy (non-hydrogen) atoms. The molecule has 9 nitrogen and oxygen atoms in total. The number of nitrogens with zero attached hydrogens (tertiary/aromatic N) is 3. The number of fused-ring (bicyclic) bond motifs is 2. The van der Waals surface area contributed by atoms with Gasteiger partial charge >= 0.3 is 0 Å². The number of carbonyl (C=O) groups excluding carboxylic acids is 1. The zero-order valence-corrected chi connectivity index (χ0v) is 22.3. The van der Waals surface area contributed by atoms with E-state index < -0.39 is 16.1 Å². The third-order valence-corrected chi connectivity index (χ3v) is 9.26. The second-order valence-electron chi connectivity index (χ2n) is 9.20. The van der Waals surface area contributed by atoms with E-state index in [1.807, 2.05) is 31.3 Å². The zero-order valence-electron chi connectivity index (χ0n) is 20.7. The van der Waals surface area contributed by atoms with Gasteiger partial charge in [-0.1, -0.05) is 12.1 Å². The van der Waals surface area contributed by atoms with E-state index in [9.17, 15) is 13.2 Å². The molecule has 194 valence electrons. The number of pyridine rings is 1. The average Bonchev–Trinajstić information content (AvgIpc) is 3.31. The summed E-state index contributed by atoms with van der Waals surface area (Å²) in [5.74, 6) is 0.813. The van der Waals surface area contributed by atoms with Crippen LogP contribution in [0.5, 0.6) is 5.75 Å². The number of anilines is 1. The van der Waals surface area contributed by atoms with Crippen molar-refractivity contribution < 1.29 is 17.9 Å². The second kappa shape index (κ2) is 10.3. The molecule has 0 spiro atoms. The van der Waals surface area contributed by atoms with Crippen LogP contribution < -0.4 is 15.2 Å². The number of piperazine rings is 1. The Labute approximate surface area is 219 Å². The monoisotopic (exact) mass is 539 g/mol. The lowest BCUT2D eigenvalue weighted by Crippen LogP contribution is -2.54. The first-order valence-corrected chi connectivity index (χ1v) is 14.2. The Morgan fingerprint density at radius 1 is 1.11 bits per heavy atom. The third-order valence-electron chi connectivity index (χ3n) is 6.67. The number of rotatable bonds is 7. The summed E-state index contributed by atoms with van der Waals surface area (Å²) >= 11 is 1.48. The van der Waals surface area contributed by atoms with Crippen molar-refractivity contribution >= 4 is 53.9 Å². The molecule has 3 heterocycles. The number of amides is 1. The van der Waals surface area contributed by atoms with E-state index in [1.54, 1.807) is 42.5 Å². The number of likely N-dealkylation sites (N-methyl/N-ethyl adjacent to an activating group) is 1. The van der Waals surface area contributed by atoms with Gasteiger partial charge in [0.2, 0.25) is 15.9 Å². The third kappa shape index (κ3) is 5.40. The number of nitrogens with two attached hydrogens (primary N) is 1. The minimum absolute atomic E-state index is 0.0919. The smallest absolute Gasteiger partial charge is 0.241 e. The lowest BCUT2D eigenvalue weighted by molar-refractivity contribution is -0.134. The Balaban J connectivity index is 1.47. The van der Waals surface area contributed by atoms with Crippen LogP contribution in [0.1, 0.15) is 4.88 Å². The molecule has 0 bridgehead atoms. The van der Waals surface area contributed by atoms with E-state index in [4.69, 9.17) is 10.5 Å². The maximum Gasteiger partial charge on any atom is 0.241 e. The van der Waals surface area contributed by atoms with E-state index in [-0.39, 0.29) is 17.2 Å². The predicted octanol–water partition coefficient (Wildman–Crippen LogP) is 2.70. The van der Waals surface area contributed by atoms with Crippen LogP contribution in [-0.4, -0.2) is 75.5 Å². The number of benzene rings is 2. The lowest BCUT2D eigenvalue weighted by Gasteiger charge is -2.34. The highest BCUT2D eigenvalue weighted by Crippen LogP contribution is 2.30. The summed E-state index contributed by atoms with van der Waals surface area (Å²) in [6.07, 6.45) is 1.85. The van der Waals surface area contributed by atoms with Gasteiger partial charge in [-0.15, -0.1) is 11.3 Å². The summed E-state index contributed by atoms with van der Waals surface area (Å²) in [4.78, 5) is 22.6. The number of aromatic nitrogens is 1. The van der Waals surface area contributed by atoms with Crippen LogP contribution in [-0.2, 0) is 21.2 Å². The molecule has 11 heteroatoms. The van der Waals surface area contributed by atoms with E-state index >= 15 is 0 Å². The van der Waals surface area contributed by atoms with Crippen molar-refractivity contribution in [3.05, 3.63) is 59.6 Å². The predicted molar refractivity (Wildman–Crippen MR) is 146 cm³/mol. The Hall–Kier alpha value is -3.25. The molecular formula is C26H29N5O4S2. The summed E-state index contributed by atoms with van der Waals surface area (Å²) in [6, 6.07) is 13.2. The number of thiophene rings is 1. The molecule has 4 aromatic rings. The van der Waals surface area contributed by atoms with Crippen molar-refractivity contribution in [3.8, 4) is 5.75 Å². The van der Waals surface area contributed by atoms with E-state index in [0.29, 0.717) is 24.7 Å². The quantitative estimate of drug-likeness (QED) is 0.371. The van der Waals surface area contributed by atoms with Crippen molar-refractivity contribution in [1.29, 1.82) is 0 Å². The normalized spacial score (nSPS) is 15.8. The fourth-order valence-electron chi connectivity index (χ4n) is 4.52. The fourth-order valence-corrected chi connectivity index (χ4v) is 6.85. The maximum atomic E-state index is 13.6. The van der Waals surface area contributed by atoms with Crippen molar-refractivity contribution in [2.75, 3.05) is 46.1 Å². The van der Waals surface area contributed by atoms with Gasteiger partial charge in [0.05, 0.1) is 12.0 Å². The van der Waals surface area contributed by atoms with Gasteiger partial charge in [-0.25, -0.2) is 13.4 Å². The minimum atomic E-state index is -4.00. The molecular weight excluding hydrogens is 510 g/mol. The minimum Gasteiger partial charge on any atom is -0.497 e. The van der Waals surface area contributed by atoms with Gasteiger partial charge in [-0.2, -0.15) is 4.72 Å². The van der Waals surface area contributed by atoms with Crippen molar-refractivity contribution in [1.82, 2.24) is 19.5 Å². The summed E-state index contributed by atoms with van der Waals surface area (Å²) < 4.78 is 36.0. The molecule has 5 rings (SSSR count). The number of nitrogen functional groups attached to an aromatic ring is 1. The van der Waals surface area contributed by atoms with Crippen LogP contribution in [0.3, 0.4) is 0 Å². The number of methoxy groups -OCH3 is 1. The van der Waals surface area contributed by atoms with Crippen molar-refractivity contribution in [2.24, 2.45) is 0 Å². The van der Waals surface area contributed by atoms with Gasteiger partial charge in [0.25, 0.3) is 0 Å². The van der Waals surface area contributed by atoms with Gasteiger partial charge in [0.15, 0.2) is 0 Å². The first-order chi connectivity index (χ1) is 17.7. The molecule has 3 N–H and O–H groups in total. The number of nitrogens with one attached hydrogen (secondary N) is 1. The molecule has 2 aromatic heterocycles. The topological polar surface area (TPSA) is 118 Å². The largest absolute Gasteiger partial charge is 0.497 e. The molecule has 1 aliphatic rings. The first-order valence-electron chi connectivity index (χ1n) is 11.9. The number of hydrogen-bond donors (Lipinski definition) is 2. The molecule has 1 aliphatic heterocycles. The average molecular weight is 540 g/mol. The molecule has 2 aromatic carbocycles. The van der Waals surface area contributed by atoms with Crippen LogP contribution in [0.25, 0.3) is 20.9 Å². The van der Waals surface area contributed by atoms with Crippen LogP contribution in [0.4, 0.5) is 5.82 Å². The Bertz CT molecular complexity index is 1560. The van der Waals surface area contributed by atoms with E-state index in [0.717, 1.165) is 38.8 Å². The molecule has 1 fully saturated rings. The first kappa shape index (κ1) is 25.4. The van der Waals surface area contributed by atoms with Crippen LogP contribution >= 0.6 is 11.3 Å². The van der Waals surface area contributed by atoms with E-state index in [2.05, 4.69) is 14.6 Å². The second-order valence-corrected chi connectivity index (χ2v) is 12.1. The number of carbonyl (C=O) groups is 1. The Kier molecular flexibility index (Phi) is 7.04. The van der Waals surface area contributed by atoms with Crippen LogP contribution in [0.15, 0.2) is 59.6 Å². The highest BCUT2D eigenvalue weighted by atomic mass is 32.2. The van der Waals surface area contributed by atoms with Gasteiger partial charge in [-0.3, -0.25) is 4.79 Å². The van der Waals surface area contributed by atoms with Crippen molar-refractivity contribution in [3.63, 3.8) is 0 Å². The fraction of sp³-hybridized carbons (Fsp3) is 0.308. The molecule has 1 atom stereocenters. The van der Waals surface area contributed by atoms with Crippen LogP contribution in [0.2, 0.25) is 0 Å². The Morgan fingerprint density at radius 2 is 1.86 bits per heavy atom. The Morgan fingerprint density at radius 3 is 2.59 bits per heavy atom. The van der Waals surface area contributed by atoms with E-state index in [1.165, 1.54) is 11.3 Å². The summed E-state index contributed by atoms with van der Waals surface area (Å²) in [5, 5.41) is 2.43. The maximum absolute atomic E-state index is 13.6. The molecule has 1 saturated heterocycles. The number of hydrogen-bond acceptors (Lipinski definition) is 8. The summed E-state index contributed by atoms with van der Waals surface area (Å²) in [7, 11) is -0.433. The summed E-state index contributed by atoms with van der Waals surface area (Å²) in [5.41, 5.74) is 6.03. The standard InChI is InChI=1S/C26H29N5O4S2/c1-30-9-11-31(12-10-30)26(32)23(16-20-15-22-24(36-20)7-8-28-25(22)27)29-37(33,34)21-6-4-17-3-5-19(35-2)13-18(17)14-21/h3-8,13-15,23,29H,9-12,16H2,1-2H3,(H2,27,28)/t23-/m0/s1. The van der Waals surface area contributed by atoms with Gasteiger partial charge in [0, 0.05) is 53.8 Å². The number of sulfonamides is 1. The highest BCUT2D eigenvalue weighted by molar-refractivity contribution is 7.89. The molecule has 1 amide bonds. The SMILES string of the molecule is COc1ccc2ccc(S(=O)(=O)N[C@@H](Cc3cc4c(N)nccc4s3)C(=O)N3CCN(C)CC3)cc2c1. The van der Waals surface area contributed by atoms with Crippen LogP contribution in [0, 0.1) is 0 Å². The van der Waals surface area contributed by atoms with Gasteiger partial charge in [0.1, 0.15) is 17.6 Å². The molecule has 0 radical (unpaired) electrons. The van der Waals surface area contributed by atoms with Crippen molar-refractivity contribution in [2.45, 2.75) is 17.4 Å². The molecule has 0 aliphatic carbocycles. The highest BCUT2D eigenvalue weighted by Gasteiger charge is 2.31. The van der Waals surface area contributed by atoms with Gasteiger partial charge < -0.3 is 20.3 Å². The molecule has 0 saturated carbocycles. The molecule has 0 unspecified atom stereocenters. The number of ether oxygens (including phenoxy) is 1.